The molecule has 2 rings (SSSR count). The number of hydrogen-bond acceptors (Lipinski definition) is 0. The van der Waals surface area contributed by atoms with E-state index < -0.39 is 0 Å². The van der Waals surface area contributed by atoms with Gasteiger partial charge in [-0.25, -0.2) is 0 Å². The molecule has 0 aliphatic heterocycles. The van der Waals surface area contributed by atoms with E-state index in [0.29, 0.717) is 0 Å². The summed E-state index contributed by atoms with van der Waals surface area (Å²) >= 11 is 0. The van der Waals surface area contributed by atoms with Gasteiger partial charge in [-0.15, -0.1) is 0 Å². The van der Waals surface area contributed by atoms with Crippen LogP contribution < -0.4 is 0 Å². The molecule has 2 aromatic carbocycles. The van der Waals surface area contributed by atoms with Crippen molar-refractivity contribution in [3.8, 4) is 0 Å². The molecular weight excluding hydrogens is 228 g/mol. The summed E-state index contributed by atoms with van der Waals surface area (Å²) < 4.78 is 0. The van der Waals surface area contributed by atoms with Crippen LogP contribution in [0.4, 0.5) is 0 Å². The summed E-state index contributed by atoms with van der Waals surface area (Å²) in [6, 6.07) is 9.21. The van der Waals surface area contributed by atoms with Crippen LogP contribution in [0.2, 0.25) is 0 Å². The second-order valence-electron chi connectivity index (χ2n) is 5.82. The van der Waals surface area contributed by atoms with Gasteiger partial charge in [-0.2, -0.15) is 0 Å². The topological polar surface area (TPSA) is 0 Å². The smallest absolute Gasteiger partial charge is 0.0149 e. The van der Waals surface area contributed by atoms with Crippen LogP contribution >= 0.6 is 0 Å². The van der Waals surface area contributed by atoms with E-state index in [0.717, 1.165) is 0 Å². The molecule has 0 aromatic heterocycles. The Labute approximate surface area is 117 Å². The molecule has 0 atom stereocenters. The van der Waals surface area contributed by atoms with E-state index in [-0.39, 0.29) is 0 Å². The molecule has 0 N–H and O–H groups in total. The average molecular weight is 254 g/mol. The molecule has 0 bridgehead atoms. The lowest BCUT2D eigenvalue weighted by Crippen LogP contribution is -1.95. The lowest BCUT2D eigenvalue weighted by molar-refractivity contribution is 0.666. The SMILES string of the molecule is CCCCCCc1cc2ccc(C)cc2c(C)c1C. The zero-order valence-corrected chi connectivity index (χ0v) is 12.8. The van der Waals surface area contributed by atoms with E-state index in [2.05, 4.69) is 52.0 Å². The lowest BCUT2D eigenvalue weighted by Gasteiger charge is -2.13. The van der Waals surface area contributed by atoms with Gasteiger partial charge in [0.2, 0.25) is 0 Å². The zero-order chi connectivity index (χ0) is 13.8. The van der Waals surface area contributed by atoms with Gasteiger partial charge in [-0.3, -0.25) is 0 Å². The van der Waals surface area contributed by atoms with Crippen LogP contribution in [0.15, 0.2) is 24.3 Å². The Bertz CT molecular complexity index is 564. The highest BCUT2D eigenvalue weighted by Crippen LogP contribution is 2.27. The minimum Gasteiger partial charge on any atom is -0.0654 e. The maximum Gasteiger partial charge on any atom is -0.0149 e. The van der Waals surface area contributed by atoms with E-state index >= 15 is 0 Å². The van der Waals surface area contributed by atoms with Gasteiger partial charge in [0.05, 0.1) is 0 Å². The monoisotopic (exact) mass is 254 g/mol. The molecule has 0 unspecified atom stereocenters. The van der Waals surface area contributed by atoms with E-state index in [1.165, 1.54) is 59.6 Å². The van der Waals surface area contributed by atoms with Crippen molar-refractivity contribution >= 4 is 10.8 Å². The Hall–Kier alpha value is -1.30. The predicted octanol–water partition coefficient (Wildman–Crippen LogP) is 5.89. The van der Waals surface area contributed by atoms with Crippen LogP contribution in [0.3, 0.4) is 0 Å². The second kappa shape index (κ2) is 6.23. The molecule has 0 saturated heterocycles. The fraction of sp³-hybridized carbons (Fsp3) is 0.474. The highest BCUT2D eigenvalue weighted by atomic mass is 14.1. The predicted molar refractivity (Wildman–Crippen MR) is 86.0 cm³/mol. The Morgan fingerprint density at radius 1 is 0.842 bits per heavy atom. The van der Waals surface area contributed by atoms with Crippen molar-refractivity contribution in [3.63, 3.8) is 0 Å². The highest BCUT2D eigenvalue weighted by Gasteiger charge is 2.07. The third kappa shape index (κ3) is 3.18. The average Bonchev–Trinajstić information content (AvgIpc) is 2.41. The molecule has 0 saturated carbocycles. The molecule has 0 radical (unpaired) electrons. The molecule has 0 aliphatic carbocycles. The molecule has 0 spiro atoms. The summed E-state index contributed by atoms with van der Waals surface area (Å²) in [6.07, 6.45) is 6.60. The third-order valence-electron chi connectivity index (χ3n) is 4.29. The number of rotatable bonds is 5. The lowest BCUT2D eigenvalue weighted by atomic mass is 9.92. The molecule has 19 heavy (non-hydrogen) atoms. The van der Waals surface area contributed by atoms with Gasteiger partial charge in [0.15, 0.2) is 0 Å². The molecule has 0 heterocycles. The summed E-state index contributed by atoms with van der Waals surface area (Å²) in [7, 11) is 0. The third-order valence-corrected chi connectivity index (χ3v) is 4.29. The van der Waals surface area contributed by atoms with Crippen molar-refractivity contribution in [1.29, 1.82) is 0 Å². The molecular formula is C19H26. The van der Waals surface area contributed by atoms with E-state index in [1.807, 2.05) is 0 Å². The molecule has 0 nitrogen and oxygen atoms in total. The van der Waals surface area contributed by atoms with Crippen LogP contribution in [0.5, 0.6) is 0 Å². The summed E-state index contributed by atoms with van der Waals surface area (Å²) in [5.74, 6) is 0. The Morgan fingerprint density at radius 2 is 1.63 bits per heavy atom. The minimum atomic E-state index is 1.23. The number of fused-ring (bicyclic) bond motifs is 1. The highest BCUT2D eigenvalue weighted by molar-refractivity contribution is 5.88. The van der Waals surface area contributed by atoms with Crippen LogP contribution in [0.25, 0.3) is 10.8 Å². The second-order valence-corrected chi connectivity index (χ2v) is 5.82. The van der Waals surface area contributed by atoms with E-state index in [1.54, 1.807) is 5.56 Å². The molecule has 102 valence electrons. The Morgan fingerprint density at radius 3 is 2.37 bits per heavy atom. The summed E-state index contributed by atoms with van der Waals surface area (Å²) in [5, 5.41) is 2.83. The van der Waals surface area contributed by atoms with Crippen molar-refractivity contribution in [2.45, 2.75) is 59.8 Å². The number of aryl methyl sites for hydroxylation is 3. The van der Waals surface area contributed by atoms with Gasteiger partial charge in [-0.1, -0.05) is 56.0 Å². The first kappa shape index (κ1) is 14.1. The Balaban J connectivity index is 2.30. The maximum absolute atomic E-state index is 2.41. The fourth-order valence-electron chi connectivity index (χ4n) is 2.86. The number of unbranched alkanes of at least 4 members (excludes halogenated alkanes) is 3. The van der Waals surface area contributed by atoms with Crippen LogP contribution in [-0.4, -0.2) is 0 Å². The fourth-order valence-corrected chi connectivity index (χ4v) is 2.86. The Kier molecular flexibility index (Phi) is 4.63. The maximum atomic E-state index is 2.41. The van der Waals surface area contributed by atoms with Crippen LogP contribution in [0, 0.1) is 20.8 Å². The van der Waals surface area contributed by atoms with Crippen molar-refractivity contribution < 1.29 is 0 Å². The standard InChI is InChI=1S/C19H26/c1-5-6-7-8-9-17-13-18-11-10-14(2)12-19(18)16(4)15(17)3/h10-13H,5-9H2,1-4H3. The van der Waals surface area contributed by atoms with Crippen LogP contribution in [0.1, 0.15) is 54.9 Å². The summed E-state index contributed by atoms with van der Waals surface area (Å²) in [5.41, 5.74) is 5.86. The van der Waals surface area contributed by atoms with E-state index in [4.69, 9.17) is 0 Å². The number of hydrogen-bond donors (Lipinski definition) is 0. The first-order valence-corrected chi connectivity index (χ1v) is 7.63. The van der Waals surface area contributed by atoms with Gasteiger partial charge in [0.1, 0.15) is 0 Å². The largest absolute Gasteiger partial charge is 0.0654 e. The normalized spacial score (nSPS) is 11.2. The molecule has 2 aromatic rings. The first-order valence-electron chi connectivity index (χ1n) is 7.63. The van der Waals surface area contributed by atoms with Crippen molar-refractivity contribution in [2.24, 2.45) is 0 Å². The molecule has 0 fully saturated rings. The van der Waals surface area contributed by atoms with Gasteiger partial charge in [-0.05, 0) is 61.1 Å². The van der Waals surface area contributed by atoms with Gasteiger partial charge >= 0.3 is 0 Å². The first-order chi connectivity index (χ1) is 9.13. The van der Waals surface area contributed by atoms with Crippen molar-refractivity contribution in [2.75, 3.05) is 0 Å². The quantitative estimate of drug-likeness (QED) is 0.584. The van der Waals surface area contributed by atoms with Crippen LogP contribution in [-0.2, 0) is 6.42 Å². The molecule has 0 amide bonds. The molecule has 0 aliphatic rings. The zero-order valence-electron chi connectivity index (χ0n) is 12.8. The number of benzene rings is 2. The summed E-state index contributed by atoms with van der Waals surface area (Å²) in [4.78, 5) is 0. The van der Waals surface area contributed by atoms with Gasteiger partial charge < -0.3 is 0 Å². The minimum absolute atomic E-state index is 1.23. The van der Waals surface area contributed by atoms with E-state index in [9.17, 15) is 0 Å². The summed E-state index contributed by atoms with van der Waals surface area (Å²) in [6.45, 7) is 9.00. The van der Waals surface area contributed by atoms with Gasteiger partial charge in [0, 0.05) is 0 Å². The molecule has 0 heteroatoms. The van der Waals surface area contributed by atoms with Crippen molar-refractivity contribution in [1.82, 2.24) is 0 Å². The van der Waals surface area contributed by atoms with Gasteiger partial charge in [0.25, 0.3) is 0 Å². The van der Waals surface area contributed by atoms with Crippen molar-refractivity contribution in [3.05, 3.63) is 46.5 Å².